The topological polar surface area (TPSA) is 66.4 Å². The van der Waals surface area contributed by atoms with Crippen LogP contribution in [0.25, 0.3) is 0 Å². The van der Waals surface area contributed by atoms with Gasteiger partial charge in [-0.25, -0.2) is 18.6 Å². The van der Waals surface area contributed by atoms with Gasteiger partial charge in [0, 0.05) is 24.0 Å². The number of benzene rings is 3. The van der Waals surface area contributed by atoms with Crippen LogP contribution in [0.3, 0.4) is 0 Å². The molecule has 3 aromatic carbocycles. The van der Waals surface area contributed by atoms with E-state index in [1.807, 2.05) is 6.92 Å². The molecule has 0 spiro atoms. The van der Waals surface area contributed by atoms with E-state index in [2.05, 4.69) is 10.4 Å². The number of hydrogen-bond acceptors (Lipinski definition) is 5. The summed E-state index contributed by atoms with van der Waals surface area (Å²) in [7, 11) is 4.44. The number of nitrogens with one attached hydrogen (secondary N) is 1. The maximum Gasteiger partial charge on any atom is 0.344 e. The molecule has 0 radical (unpaired) electrons. The molecule has 0 aromatic heterocycles. The van der Waals surface area contributed by atoms with Crippen LogP contribution in [-0.2, 0) is 6.42 Å². The number of amides is 2. The summed E-state index contributed by atoms with van der Waals surface area (Å²) in [4.78, 5) is 14.7. The lowest BCUT2D eigenvalue weighted by Crippen LogP contribution is -2.43. The molecule has 4 rings (SSSR count). The molecule has 35 heavy (non-hydrogen) atoms. The predicted molar refractivity (Wildman–Crippen MR) is 132 cm³/mol. The van der Waals surface area contributed by atoms with Gasteiger partial charge >= 0.3 is 6.03 Å². The van der Waals surface area contributed by atoms with E-state index in [4.69, 9.17) is 9.47 Å². The van der Waals surface area contributed by atoms with Crippen molar-refractivity contribution in [1.82, 2.24) is 5.01 Å². The first-order chi connectivity index (χ1) is 16.8. The van der Waals surface area contributed by atoms with Crippen molar-refractivity contribution in [1.29, 1.82) is 0 Å². The van der Waals surface area contributed by atoms with Crippen LogP contribution in [-0.4, -0.2) is 44.6 Å². The van der Waals surface area contributed by atoms with Gasteiger partial charge in [0.2, 0.25) is 0 Å². The van der Waals surface area contributed by atoms with Crippen molar-refractivity contribution in [3.63, 3.8) is 0 Å². The monoisotopic (exact) mass is 480 g/mol. The van der Waals surface area contributed by atoms with E-state index in [-0.39, 0.29) is 35.0 Å². The molecule has 2 amide bonds. The summed E-state index contributed by atoms with van der Waals surface area (Å²) in [6.07, 6.45) is 1.71. The number of fused-ring (bicyclic) bond motifs is 1. The third-order valence-electron chi connectivity index (χ3n) is 5.87. The summed E-state index contributed by atoms with van der Waals surface area (Å²) >= 11 is 0. The van der Waals surface area contributed by atoms with Gasteiger partial charge in [0.25, 0.3) is 0 Å². The van der Waals surface area contributed by atoms with E-state index in [1.54, 1.807) is 55.6 Å². The average molecular weight is 481 g/mol. The zero-order chi connectivity index (χ0) is 25.1. The fraction of sp³-hybridized carbons (Fsp3) is 0.231. The van der Waals surface area contributed by atoms with Gasteiger partial charge in [0.1, 0.15) is 5.82 Å². The highest BCUT2D eigenvalue weighted by Gasteiger charge is 2.29. The van der Waals surface area contributed by atoms with E-state index in [0.717, 1.165) is 0 Å². The molecule has 7 nitrogen and oxygen atoms in total. The summed E-state index contributed by atoms with van der Waals surface area (Å²) < 4.78 is 39.3. The van der Waals surface area contributed by atoms with Gasteiger partial charge in [-0.1, -0.05) is 12.1 Å². The minimum absolute atomic E-state index is 0.00803. The number of carbonyl (C=O) groups excluding carboxylic acids is 1. The molecule has 1 atom stereocenters. The number of nitrogens with zero attached hydrogens (tertiary/aromatic N) is 3. The smallest absolute Gasteiger partial charge is 0.344 e. The molecule has 0 saturated carbocycles. The molecule has 0 fully saturated rings. The van der Waals surface area contributed by atoms with Crippen LogP contribution in [0, 0.1) is 11.6 Å². The molecule has 182 valence electrons. The Bertz CT molecular complexity index is 1260. The molecule has 1 heterocycles. The molecular formula is C26H26F2N4O3. The van der Waals surface area contributed by atoms with Crippen molar-refractivity contribution in [3.05, 3.63) is 77.4 Å². The van der Waals surface area contributed by atoms with Crippen LogP contribution in [0.2, 0.25) is 0 Å². The third kappa shape index (κ3) is 4.75. The number of anilines is 3. The number of rotatable bonds is 5. The second kappa shape index (κ2) is 10.0. The number of hydrogen-bond donors (Lipinski definition) is 1. The number of methoxy groups -OCH3 is 2. The molecule has 3 aromatic rings. The zero-order valence-electron chi connectivity index (χ0n) is 19.9. The Labute approximate surface area is 202 Å². The van der Waals surface area contributed by atoms with Gasteiger partial charge in [0.05, 0.1) is 32.2 Å². The van der Waals surface area contributed by atoms with Crippen molar-refractivity contribution in [2.24, 2.45) is 5.10 Å². The van der Waals surface area contributed by atoms with Crippen LogP contribution in [0.5, 0.6) is 11.5 Å². The van der Waals surface area contributed by atoms with Gasteiger partial charge in [-0.3, -0.25) is 4.90 Å². The number of hydrazone groups is 1. The molecule has 0 aliphatic carbocycles. The highest BCUT2D eigenvalue weighted by atomic mass is 19.1. The number of halogens is 2. The van der Waals surface area contributed by atoms with Crippen molar-refractivity contribution in [2.75, 3.05) is 31.5 Å². The van der Waals surface area contributed by atoms with Gasteiger partial charge < -0.3 is 14.8 Å². The predicted octanol–water partition coefficient (Wildman–Crippen LogP) is 5.56. The fourth-order valence-electron chi connectivity index (χ4n) is 3.95. The first kappa shape index (κ1) is 24.0. The number of urea groups is 1. The Morgan fingerprint density at radius 3 is 2.49 bits per heavy atom. The lowest BCUT2D eigenvalue weighted by Gasteiger charge is -2.28. The quantitative estimate of drug-likeness (QED) is 0.519. The maximum atomic E-state index is 15.0. The minimum Gasteiger partial charge on any atom is -0.493 e. The summed E-state index contributed by atoms with van der Waals surface area (Å²) in [5, 5.41) is 8.63. The standard InChI is InChI=1S/C26H26F2N4O3/c1-16-13-17-14-23(34-3)25(35-4)24(28)20(17)15-29-32(16)26(33)31(2)19-11-9-18(10-12-19)30-22-8-6-5-7-21(22)27/h5-12,14-16,30H,13H2,1-4H3. The maximum absolute atomic E-state index is 15.0. The van der Waals surface area contributed by atoms with E-state index >= 15 is 4.39 Å². The second-order valence-electron chi connectivity index (χ2n) is 8.13. The lowest BCUT2D eigenvalue weighted by atomic mass is 10.00. The van der Waals surface area contributed by atoms with Crippen LogP contribution in [0.1, 0.15) is 18.1 Å². The van der Waals surface area contributed by atoms with Gasteiger partial charge in [0.15, 0.2) is 17.3 Å². The summed E-state index contributed by atoms with van der Waals surface area (Å²) in [6.45, 7) is 1.84. The SMILES string of the molecule is COc1cc2c(c(F)c1OC)C=NN(C(=O)N(C)c1ccc(Nc3ccccc3F)cc1)C(C)C2. The second-order valence-corrected chi connectivity index (χ2v) is 8.13. The highest BCUT2D eigenvalue weighted by Crippen LogP contribution is 2.36. The Morgan fingerprint density at radius 2 is 1.83 bits per heavy atom. The first-order valence-electron chi connectivity index (χ1n) is 11.0. The van der Waals surface area contributed by atoms with Crippen LogP contribution >= 0.6 is 0 Å². The molecule has 0 bridgehead atoms. The summed E-state index contributed by atoms with van der Waals surface area (Å²) in [5.74, 6) is -0.667. The Balaban J connectivity index is 1.53. The molecule has 0 saturated heterocycles. The molecule has 1 N–H and O–H groups in total. The molecule has 9 heteroatoms. The van der Waals surface area contributed by atoms with Gasteiger partial charge in [-0.05, 0) is 61.4 Å². The highest BCUT2D eigenvalue weighted by molar-refractivity contribution is 5.93. The van der Waals surface area contributed by atoms with Crippen LogP contribution < -0.4 is 19.7 Å². The molecular weight excluding hydrogens is 454 g/mol. The number of carbonyl (C=O) groups is 1. The third-order valence-corrected chi connectivity index (χ3v) is 5.87. The molecule has 1 unspecified atom stereocenters. The van der Waals surface area contributed by atoms with Crippen molar-refractivity contribution in [2.45, 2.75) is 19.4 Å². The molecule has 1 aliphatic heterocycles. The normalized spacial score (nSPS) is 14.7. The van der Waals surface area contributed by atoms with Crippen LogP contribution in [0.4, 0.5) is 30.6 Å². The van der Waals surface area contributed by atoms with Gasteiger partial charge in [-0.2, -0.15) is 5.10 Å². The van der Waals surface area contributed by atoms with Crippen molar-refractivity contribution >= 4 is 29.3 Å². The first-order valence-corrected chi connectivity index (χ1v) is 11.0. The summed E-state index contributed by atoms with van der Waals surface area (Å²) in [5.41, 5.74) is 2.58. The summed E-state index contributed by atoms with van der Waals surface area (Å²) in [6, 6.07) is 14.4. The Kier molecular flexibility index (Phi) is 6.86. The number of para-hydroxylation sites is 1. The number of ether oxygens (including phenoxy) is 2. The van der Waals surface area contributed by atoms with E-state index in [9.17, 15) is 9.18 Å². The Morgan fingerprint density at radius 1 is 1.11 bits per heavy atom. The van der Waals surface area contributed by atoms with Gasteiger partial charge in [-0.15, -0.1) is 0 Å². The largest absolute Gasteiger partial charge is 0.493 e. The fourth-order valence-corrected chi connectivity index (χ4v) is 3.95. The average Bonchev–Trinajstić information content (AvgIpc) is 3.03. The van der Waals surface area contributed by atoms with E-state index in [1.165, 1.54) is 36.4 Å². The van der Waals surface area contributed by atoms with Crippen molar-refractivity contribution < 1.29 is 23.0 Å². The Hall–Kier alpha value is -4.14. The molecule has 1 aliphatic rings. The minimum atomic E-state index is -0.585. The lowest BCUT2D eigenvalue weighted by molar-refractivity contribution is 0.190. The van der Waals surface area contributed by atoms with E-state index in [0.29, 0.717) is 29.0 Å². The van der Waals surface area contributed by atoms with Crippen LogP contribution in [0.15, 0.2) is 59.7 Å². The van der Waals surface area contributed by atoms with Crippen molar-refractivity contribution in [3.8, 4) is 11.5 Å². The van der Waals surface area contributed by atoms with E-state index < -0.39 is 5.82 Å². The zero-order valence-corrected chi connectivity index (χ0v) is 19.9.